The molecule has 1 aliphatic rings. The molecule has 9 heteroatoms. The van der Waals surface area contributed by atoms with Crippen LogP contribution in [0.15, 0.2) is 29.2 Å². The first-order valence-electron chi connectivity index (χ1n) is 7.08. The van der Waals surface area contributed by atoms with Crippen molar-refractivity contribution < 1.29 is 26.4 Å². The molecule has 1 fully saturated rings. The van der Waals surface area contributed by atoms with Crippen LogP contribution in [0, 0.1) is 5.92 Å². The van der Waals surface area contributed by atoms with Gasteiger partial charge in [0.15, 0.2) is 0 Å². The Morgan fingerprint density at radius 2 is 1.78 bits per heavy atom. The van der Waals surface area contributed by atoms with Gasteiger partial charge in [-0.05, 0) is 43.5 Å². The molecular formula is C14H17F3N2O3S. The number of hydrogen-bond donors (Lipinski definition) is 2. The van der Waals surface area contributed by atoms with E-state index in [-0.39, 0.29) is 23.3 Å². The van der Waals surface area contributed by atoms with E-state index in [2.05, 4.69) is 4.72 Å². The molecule has 2 unspecified atom stereocenters. The number of alkyl halides is 3. The summed E-state index contributed by atoms with van der Waals surface area (Å²) in [4.78, 5) is 10.8. The van der Waals surface area contributed by atoms with Gasteiger partial charge < -0.3 is 5.73 Å². The summed E-state index contributed by atoms with van der Waals surface area (Å²) in [6.45, 7) is 0. The molecule has 2 atom stereocenters. The minimum atomic E-state index is -4.31. The molecule has 0 saturated heterocycles. The van der Waals surface area contributed by atoms with Crippen molar-refractivity contribution >= 4 is 15.9 Å². The molecule has 1 saturated carbocycles. The number of nitrogens with one attached hydrogen (secondary N) is 1. The Morgan fingerprint density at radius 1 is 1.17 bits per heavy atom. The molecule has 1 aliphatic carbocycles. The summed E-state index contributed by atoms with van der Waals surface area (Å²) < 4.78 is 65.1. The third-order valence-corrected chi connectivity index (χ3v) is 5.44. The van der Waals surface area contributed by atoms with Crippen LogP contribution in [-0.4, -0.2) is 26.5 Å². The zero-order valence-electron chi connectivity index (χ0n) is 12.1. The molecule has 2 rings (SSSR count). The first-order chi connectivity index (χ1) is 10.6. The maximum Gasteiger partial charge on any atom is 0.391 e. The monoisotopic (exact) mass is 350 g/mol. The van der Waals surface area contributed by atoms with E-state index in [9.17, 15) is 26.4 Å². The van der Waals surface area contributed by atoms with Crippen molar-refractivity contribution in [2.45, 2.75) is 42.8 Å². The van der Waals surface area contributed by atoms with Gasteiger partial charge in [-0.15, -0.1) is 0 Å². The third kappa shape index (κ3) is 4.44. The highest BCUT2D eigenvalue weighted by Gasteiger charge is 2.42. The molecule has 0 spiro atoms. The number of primary amides is 1. The molecule has 0 aliphatic heterocycles. The van der Waals surface area contributed by atoms with Crippen molar-refractivity contribution in [2.75, 3.05) is 0 Å². The van der Waals surface area contributed by atoms with Crippen molar-refractivity contribution in [1.29, 1.82) is 0 Å². The number of benzene rings is 1. The van der Waals surface area contributed by atoms with Gasteiger partial charge in [0, 0.05) is 11.6 Å². The quantitative estimate of drug-likeness (QED) is 0.872. The molecule has 1 aromatic carbocycles. The van der Waals surface area contributed by atoms with Gasteiger partial charge in [-0.25, -0.2) is 13.1 Å². The predicted octanol–water partition coefficient (Wildman–Crippen LogP) is 2.18. The van der Waals surface area contributed by atoms with Crippen LogP contribution in [0.5, 0.6) is 0 Å². The Hall–Kier alpha value is -1.61. The Balaban J connectivity index is 2.10. The average Bonchev–Trinajstić information content (AvgIpc) is 2.46. The molecule has 0 bridgehead atoms. The summed E-state index contributed by atoms with van der Waals surface area (Å²) in [7, 11) is -3.94. The van der Waals surface area contributed by atoms with Crippen molar-refractivity contribution in [3.63, 3.8) is 0 Å². The van der Waals surface area contributed by atoms with Crippen molar-refractivity contribution in [2.24, 2.45) is 11.7 Å². The molecule has 1 aromatic rings. The van der Waals surface area contributed by atoms with E-state index in [4.69, 9.17) is 5.73 Å². The second kappa shape index (κ2) is 6.48. The Bertz CT molecular complexity index is 672. The lowest BCUT2D eigenvalue weighted by molar-refractivity contribution is -0.183. The average molecular weight is 350 g/mol. The number of hydrogen-bond acceptors (Lipinski definition) is 3. The van der Waals surface area contributed by atoms with Gasteiger partial charge in [0.2, 0.25) is 15.9 Å². The Morgan fingerprint density at radius 3 is 2.30 bits per heavy atom. The number of carbonyl (C=O) groups excluding carboxylic acids is 1. The summed E-state index contributed by atoms with van der Waals surface area (Å²) in [5.41, 5.74) is 5.22. The largest absolute Gasteiger partial charge is 0.391 e. The van der Waals surface area contributed by atoms with E-state index in [0.29, 0.717) is 12.8 Å². The molecule has 128 valence electrons. The fourth-order valence-corrected chi connectivity index (χ4v) is 3.96. The van der Waals surface area contributed by atoms with Crippen molar-refractivity contribution in [3.8, 4) is 0 Å². The van der Waals surface area contributed by atoms with Crippen LogP contribution in [-0.2, 0) is 10.0 Å². The smallest absolute Gasteiger partial charge is 0.366 e. The van der Waals surface area contributed by atoms with Gasteiger partial charge in [-0.2, -0.15) is 13.2 Å². The van der Waals surface area contributed by atoms with Gasteiger partial charge in [-0.1, -0.05) is 6.42 Å². The number of sulfonamides is 1. The van der Waals surface area contributed by atoms with Crippen LogP contribution in [0.4, 0.5) is 13.2 Å². The zero-order chi connectivity index (χ0) is 17.3. The number of halogens is 3. The highest BCUT2D eigenvalue weighted by molar-refractivity contribution is 7.89. The first kappa shape index (κ1) is 17.7. The normalized spacial score (nSPS) is 22.7. The van der Waals surface area contributed by atoms with E-state index < -0.39 is 34.1 Å². The molecule has 5 nitrogen and oxygen atoms in total. The number of carbonyl (C=O) groups is 1. The summed E-state index contributed by atoms with van der Waals surface area (Å²) >= 11 is 0. The fraction of sp³-hybridized carbons (Fsp3) is 0.500. The SMILES string of the molecule is NC(=O)c1ccc(S(=O)(=O)NC2CCCC(C(F)(F)F)C2)cc1. The second-order valence-electron chi connectivity index (χ2n) is 5.61. The van der Waals surface area contributed by atoms with E-state index in [1.54, 1.807) is 0 Å². The minimum absolute atomic E-state index is 0.0229. The van der Waals surface area contributed by atoms with E-state index >= 15 is 0 Å². The van der Waals surface area contributed by atoms with E-state index in [1.165, 1.54) is 24.3 Å². The zero-order valence-corrected chi connectivity index (χ0v) is 13.0. The number of rotatable bonds is 4. The fourth-order valence-electron chi connectivity index (χ4n) is 2.68. The van der Waals surface area contributed by atoms with Crippen LogP contribution in [0.1, 0.15) is 36.0 Å². The number of nitrogens with two attached hydrogens (primary N) is 1. The molecule has 0 radical (unpaired) electrons. The molecule has 1 amide bonds. The topological polar surface area (TPSA) is 89.3 Å². The van der Waals surface area contributed by atoms with Crippen LogP contribution >= 0.6 is 0 Å². The first-order valence-corrected chi connectivity index (χ1v) is 8.57. The predicted molar refractivity (Wildman–Crippen MR) is 77.1 cm³/mol. The molecule has 3 N–H and O–H groups in total. The van der Waals surface area contributed by atoms with Gasteiger partial charge in [0.05, 0.1) is 10.8 Å². The van der Waals surface area contributed by atoms with Gasteiger partial charge in [0.1, 0.15) is 0 Å². The van der Waals surface area contributed by atoms with Gasteiger partial charge in [0.25, 0.3) is 0 Å². The maximum absolute atomic E-state index is 12.8. The lowest BCUT2D eigenvalue weighted by atomic mass is 9.86. The highest BCUT2D eigenvalue weighted by Crippen LogP contribution is 2.37. The lowest BCUT2D eigenvalue weighted by Gasteiger charge is -2.30. The molecular weight excluding hydrogens is 333 g/mol. The summed E-state index contributed by atoms with van der Waals surface area (Å²) in [5, 5.41) is 0. The lowest BCUT2D eigenvalue weighted by Crippen LogP contribution is -2.41. The molecule has 0 heterocycles. The number of amides is 1. The highest BCUT2D eigenvalue weighted by atomic mass is 32.2. The Labute approximate surface area is 132 Å². The third-order valence-electron chi connectivity index (χ3n) is 3.91. The standard InChI is InChI=1S/C14H17F3N2O3S/c15-14(16,17)10-2-1-3-11(8-10)19-23(21,22)12-6-4-9(5-7-12)13(18)20/h4-7,10-11,19H,1-3,8H2,(H2,18,20). The van der Waals surface area contributed by atoms with E-state index in [1.807, 2.05) is 0 Å². The van der Waals surface area contributed by atoms with Crippen LogP contribution < -0.4 is 10.5 Å². The summed E-state index contributed by atoms with van der Waals surface area (Å²) in [5.74, 6) is -2.18. The van der Waals surface area contributed by atoms with Crippen molar-refractivity contribution in [3.05, 3.63) is 29.8 Å². The van der Waals surface area contributed by atoms with Gasteiger partial charge in [-0.3, -0.25) is 4.79 Å². The Kier molecular flexibility index (Phi) is 5.00. The minimum Gasteiger partial charge on any atom is -0.366 e. The second-order valence-corrected chi connectivity index (χ2v) is 7.33. The molecule has 0 aromatic heterocycles. The van der Waals surface area contributed by atoms with Gasteiger partial charge >= 0.3 is 6.18 Å². The van der Waals surface area contributed by atoms with Crippen LogP contribution in [0.3, 0.4) is 0 Å². The summed E-state index contributed by atoms with van der Waals surface area (Å²) in [6.07, 6.45) is -3.87. The maximum atomic E-state index is 12.8. The van der Waals surface area contributed by atoms with E-state index in [0.717, 1.165) is 0 Å². The van der Waals surface area contributed by atoms with Crippen molar-refractivity contribution in [1.82, 2.24) is 4.72 Å². The summed E-state index contributed by atoms with van der Waals surface area (Å²) in [6, 6.07) is 4.17. The van der Waals surface area contributed by atoms with Crippen LogP contribution in [0.2, 0.25) is 0 Å². The van der Waals surface area contributed by atoms with Crippen LogP contribution in [0.25, 0.3) is 0 Å². The molecule has 23 heavy (non-hydrogen) atoms.